The SMILES string of the molecule is COc1c(CN(C)Cc2ccccc2)cc(O)c2c1C[C@H]1C[C@H]3[C@H](N(C)C)C(O)=C(C(N)=O)C4=CCO[C@@]43C(O)=C1C2=O. The van der Waals surface area contributed by atoms with Crippen molar-refractivity contribution in [3.8, 4) is 11.5 Å². The van der Waals surface area contributed by atoms with Crippen molar-refractivity contribution in [1.29, 1.82) is 0 Å². The Hall–Kier alpha value is -4.12. The topological polar surface area (TPSA) is 146 Å². The average Bonchev–Trinajstić information content (AvgIpc) is 3.37. The van der Waals surface area contributed by atoms with Crippen LogP contribution >= 0.6 is 0 Å². The number of likely N-dealkylation sites (N-methyl/N-ethyl adjacent to an activating group) is 1. The minimum Gasteiger partial charge on any atom is -0.510 e. The number of methoxy groups -OCH3 is 1. The fraction of sp³-hybridized carbons (Fsp3) is 0.394. The van der Waals surface area contributed by atoms with E-state index in [0.29, 0.717) is 37.2 Å². The second-order valence-electron chi connectivity index (χ2n) is 12.1. The van der Waals surface area contributed by atoms with Crippen molar-refractivity contribution in [2.24, 2.45) is 17.6 Å². The van der Waals surface area contributed by atoms with E-state index in [-0.39, 0.29) is 46.2 Å². The van der Waals surface area contributed by atoms with Gasteiger partial charge in [0.25, 0.3) is 5.91 Å². The maximum Gasteiger partial charge on any atom is 0.252 e. The minimum atomic E-state index is -1.52. The minimum absolute atomic E-state index is 0.0712. The van der Waals surface area contributed by atoms with Crippen LogP contribution in [-0.4, -0.2) is 83.3 Å². The summed E-state index contributed by atoms with van der Waals surface area (Å²) < 4.78 is 12.1. The van der Waals surface area contributed by atoms with E-state index in [2.05, 4.69) is 4.90 Å². The van der Waals surface area contributed by atoms with Gasteiger partial charge >= 0.3 is 0 Å². The predicted octanol–water partition coefficient (Wildman–Crippen LogP) is 3.16. The fourth-order valence-electron chi connectivity index (χ4n) is 7.81. The molecule has 10 nitrogen and oxygen atoms in total. The van der Waals surface area contributed by atoms with Gasteiger partial charge in [-0.05, 0) is 51.5 Å². The maximum atomic E-state index is 14.2. The lowest BCUT2D eigenvalue weighted by Crippen LogP contribution is -2.60. The summed E-state index contributed by atoms with van der Waals surface area (Å²) in [7, 11) is 7.07. The number of fused-ring (bicyclic) bond motifs is 2. The molecule has 3 aliphatic carbocycles. The van der Waals surface area contributed by atoms with Gasteiger partial charge in [-0.25, -0.2) is 0 Å². The smallest absolute Gasteiger partial charge is 0.252 e. The highest BCUT2D eigenvalue weighted by Gasteiger charge is 2.63. The van der Waals surface area contributed by atoms with Gasteiger partial charge in [0.15, 0.2) is 11.4 Å². The maximum absolute atomic E-state index is 14.2. The number of ether oxygens (including phenoxy) is 2. The first-order chi connectivity index (χ1) is 20.5. The number of nitrogens with two attached hydrogens (primary N) is 1. The Morgan fingerprint density at radius 1 is 1.14 bits per heavy atom. The standard InChI is InChI=1S/C33H37N3O7/c1-35(2)27-22-13-18-12-20-25(23(37)14-19(30(20)42-4)16-36(3)15-17-8-6-5-7-9-17)28(38)24(18)31(40)33(22)21(10-11-43-33)26(29(27)39)32(34)41/h5-10,14,18,22,27,37,39-40H,11-13,15-16H2,1-4H3,(H2,34,41)/t18-,22-,27-,33-/m0/s1. The molecule has 0 saturated heterocycles. The first-order valence-electron chi connectivity index (χ1n) is 14.4. The number of allylic oxidation sites excluding steroid dienone is 1. The molecule has 0 bridgehead atoms. The molecule has 43 heavy (non-hydrogen) atoms. The number of aliphatic hydroxyl groups excluding tert-OH is 2. The van der Waals surface area contributed by atoms with Gasteiger partial charge in [-0.3, -0.25) is 19.4 Å². The summed E-state index contributed by atoms with van der Waals surface area (Å²) in [6.45, 7) is 1.22. The molecule has 1 heterocycles. The van der Waals surface area contributed by atoms with Gasteiger partial charge in [-0.1, -0.05) is 36.4 Å². The highest BCUT2D eigenvalue weighted by atomic mass is 16.5. The summed E-state index contributed by atoms with van der Waals surface area (Å²) in [4.78, 5) is 30.6. The van der Waals surface area contributed by atoms with Crippen LogP contribution in [0.25, 0.3) is 0 Å². The van der Waals surface area contributed by atoms with Crippen molar-refractivity contribution in [3.63, 3.8) is 0 Å². The third-order valence-electron chi connectivity index (χ3n) is 9.36. The number of amides is 1. The number of hydrogen-bond acceptors (Lipinski definition) is 9. The van der Waals surface area contributed by atoms with Crippen LogP contribution in [0.15, 0.2) is 70.7 Å². The van der Waals surface area contributed by atoms with E-state index in [1.807, 2.05) is 37.4 Å². The van der Waals surface area contributed by atoms with E-state index in [0.717, 1.165) is 11.1 Å². The number of benzene rings is 2. The molecule has 1 amide bonds. The molecule has 2 aromatic carbocycles. The third kappa shape index (κ3) is 4.27. The van der Waals surface area contributed by atoms with Crippen molar-refractivity contribution in [2.45, 2.75) is 37.6 Å². The molecule has 10 heteroatoms. The summed E-state index contributed by atoms with van der Waals surface area (Å²) in [5, 5.41) is 34.5. The Kier molecular flexibility index (Phi) is 7.11. The van der Waals surface area contributed by atoms with E-state index in [1.54, 1.807) is 38.2 Å². The average molecular weight is 588 g/mol. The molecule has 0 radical (unpaired) electrons. The molecule has 5 N–H and O–H groups in total. The number of rotatable bonds is 7. The van der Waals surface area contributed by atoms with Crippen molar-refractivity contribution in [3.05, 3.63) is 93.0 Å². The van der Waals surface area contributed by atoms with Crippen LogP contribution in [0.5, 0.6) is 11.5 Å². The lowest BCUT2D eigenvalue weighted by Gasteiger charge is -2.52. The van der Waals surface area contributed by atoms with E-state index in [9.17, 15) is 24.9 Å². The van der Waals surface area contributed by atoms with Crippen molar-refractivity contribution >= 4 is 11.7 Å². The molecule has 0 unspecified atom stereocenters. The quantitative estimate of drug-likeness (QED) is 0.384. The van der Waals surface area contributed by atoms with Gasteiger partial charge in [-0.2, -0.15) is 0 Å². The Labute approximate surface area is 250 Å². The second-order valence-corrected chi connectivity index (χ2v) is 12.1. The first kappa shape index (κ1) is 29.0. The molecule has 0 saturated carbocycles. The van der Waals surface area contributed by atoms with Gasteiger partial charge in [0.2, 0.25) is 0 Å². The Morgan fingerprint density at radius 3 is 2.51 bits per heavy atom. The molecule has 4 aliphatic rings. The molecule has 226 valence electrons. The fourth-order valence-corrected chi connectivity index (χ4v) is 7.81. The number of aliphatic hydroxyl groups is 2. The molecule has 6 rings (SSSR count). The highest BCUT2D eigenvalue weighted by molar-refractivity contribution is 6.14. The van der Waals surface area contributed by atoms with Gasteiger partial charge in [0.05, 0.1) is 30.9 Å². The third-order valence-corrected chi connectivity index (χ3v) is 9.36. The Morgan fingerprint density at radius 2 is 1.86 bits per heavy atom. The van der Waals surface area contributed by atoms with Crippen LogP contribution in [0.3, 0.4) is 0 Å². The van der Waals surface area contributed by atoms with Gasteiger partial charge in [0, 0.05) is 41.3 Å². The summed E-state index contributed by atoms with van der Waals surface area (Å²) in [5.74, 6) is -2.44. The molecule has 1 aliphatic heterocycles. The number of carbonyl (C=O) groups is 2. The van der Waals surface area contributed by atoms with Crippen LogP contribution in [-0.2, 0) is 29.0 Å². The van der Waals surface area contributed by atoms with E-state index in [1.165, 1.54) is 0 Å². The van der Waals surface area contributed by atoms with Crippen LogP contribution < -0.4 is 10.5 Å². The normalized spacial score (nSPS) is 26.2. The van der Waals surface area contributed by atoms with Crippen LogP contribution in [0.2, 0.25) is 0 Å². The second kappa shape index (κ2) is 10.6. The lowest BCUT2D eigenvalue weighted by molar-refractivity contribution is -0.116. The lowest BCUT2D eigenvalue weighted by atomic mass is 9.57. The summed E-state index contributed by atoms with van der Waals surface area (Å²) in [6.07, 6.45) is 2.32. The number of phenols is 1. The van der Waals surface area contributed by atoms with Crippen LogP contribution in [0, 0.1) is 11.8 Å². The largest absolute Gasteiger partial charge is 0.510 e. The van der Waals surface area contributed by atoms with E-state index < -0.39 is 35.2 Å². The number of phenolic OH excluding ortho intramolecular Hbond substituents is 1. The summed E-state index contributed by atoms with van der Waals surface area (Å²) in [6, 6.07) is 10.9. The highest BCUT2D eigenvalue weighted by Crippen LogP contribution is 2.59. The van der Waals surface area contributed by atoms with E-state index in [4.69, 9.17) is 15.2 Å². The Balaban J connectivity index is 1.45. The number of ketones is 1. The van der Waals surface area contributed by atoms with Crippen molar-refractivity contribution in [2.75, 3.05) is 34.9 Å². The number of nitrogens with zero attached hydrogens (tertiary/aromatic N) is 2. The van der Waals surface area contributed by atoms with Crippen LogP contribution in [0.4, 0.5) is 0 Å². The molecular formula is C33H37N3O7. The number of Topliss-reactive ketones (excluding diaryl/α,β-unsaturated/α-hetero) is 1. The number of carbonyl (C=O) groups excluding carboxylic acids is 2. The molecule has 2 aromatic rings. The molecule has 0 aromatic heterocycles. The zero-order valence-electron chi connectivity index (χ0n) is 24.8. The number of hydrogen-bond donors (Lipinski definition) is 4. The van der Waals surface area contributed by atoms with Crippen molar-refractivity contribution < 1.29 is 34.4 Å². The molecule has 0 fully saturated rings. The van der Waals surface area contributed by atoms with Gasteiger partial charge < -0.3 is 30.5 Å². The van der Waals surface area contributed by atoms with Crippen molar-refractivity contribution in [1.82, 2.24) is 9.80 Å². The zero-order chi connectivity index (χ0) is 30.8. The molecule has 4 atom stereocenters. The predicted molar refractivity (Wildman–Crippen MR) is 159 cm³/mol. The zero-order valence-corrected chi connectivity index (χ0v) is 24.8. The monoisotopic (exact) mass is 587 g/mol. The van der Waals surface area contributed by atoms with E-state index >= 15 is 0 Å². The van der Waals surface area contributed by atoms with Gasteiger partial charge in [-0.15, -0.1) is 0 Å². The number of primary amides is 1. The van der Waals surface area contributed by atoms with Gasteiger partial charge in [0.1, 0.15) is 23.0 Å². The Bertz CT molecular complexity index is 1610. The van der Waals surface area contributed by atoms with Crippen LogP contribution in [0.1, 0.15) is 33.5 Å². The molecular weight excluding hydrogens is 550 g/mol. The first-order valence-corrected chi connectivity index (χ1v) is 14.4. The number of aromatic hydroxyl groups is 1. The summed E-state index contributed by atoms with van der Waals surface area (Å²) in [5.41, 5.74) is 7.09. The summed E-state index contributed by atoms with van der Waals surface area (Å²) >= 11 is 0. The molecule has 1 spiro atoms.